The summed E-state index contributed by atoms with van der Waals surface area (Å²) in [5, 5.41) is 10.9. The maximum atomic E-state index is 10.9. The number of carbonyl (C=O) groups excluding carboxylic acids is 1. The van der Waals surface area contributed by atoms with Crippen LogP contribution in [0.2, 0.25) is 5.15 Å². The fourth-order valence-electron chi connectivity index (χ4n) is 1.25. The summed E-state index contributed by atoms with van der Waals surface area (Å²) >= 11 is 5.85. The van der Waals surface area contributed by atoms with Gasteiger partial charge in [0.05, 0.1) is 18.5 Å². The predicted octanol–water partition coefficient (Wildman–Crippen LogP) is 2.53. The average molecular weight is 271 g/mol. The molecule has 1 aromatic rings. The number of aryl methyl sites for hydroxylation is 1. The number of aromatic nitrogens is 1. The first-order chi connectivity index (χ1) is 8.45. The van der Waals surface area contributed by atoms with Gasteiger partial charge in [0.25, 0.3) is 5.69 Å². The molecule has 18 heavy (non-hydrogen) atoms. The minimum absolute atomic E-state index is 0.0640. The highest BCUT2D eigenvalue weighted by Crippen LogP contribution is 2.24. The van der Waals surface area contributed by atoms with Crippen LogP contribution in [0.25, 0.3) is 6.08 Å². The van der Waals surface area contributed by atoms with Gasteiger partial charge < -0.3 is 4.74 Å². The van der Waals surface area contributed by atoms with Crippen LogP contribution in [0.3, 0.4) is 0 Å². The Labute approximate surface area is 108 Å². The summed E-state index contributed by atoms with van der Waals surface area (Å²) in [6.45, 7) is 1.51. The van der Waals surface area contributed by atoms with Gasteiger partial charge in [-0.3, -0.25) is 14.9 Å². The van der Waals surface area contributed by atoms with Crippen LogP contribution >= 0.6 is 11.6 Å². The third-order valence-electron chi connectivity index (χ3n) is 2.17. The molecule has 0 aliphatic heterocycles. The van der Waals surface area contributed by atoms with Gasteiger partial charge >= 0.3 is 5.97 Å². The standard InChI is InChI=1S/C11H11ClN2O4/c1-7-9(14(16)17)6-8(11(12)13-7)4-3-5-10(15)18-2/h3-4,6H,5H2,1-2H3. The van der Waals surface area contributed by atoms with Crippen LogP contribution in [-0.2, 0) is 9.53 Å². The minimum Gasteiger partial charge on any atom is -0.469 e. The fraction of sp³-hybridized carbons (Fsp3) is 0.273. The smallest absolute Gasteiger partial charge is 0.309 e. The number of hydrogen-bond acceptors (Lipinski definition) is 5. The van der Waals surface area contributed by atoms with E-state index in [9.17, 15) is 14.9 Å². The largest absolute Gasteiger partial charge is 0.469 e. The Morgan fingerprint density at radius 3 is 2.89 bits per heavy atom. The highest BCUT2D eigenvalue weighted by atomic mass is 35.5. The second kappa shape index (κ2) is 6.11. The summed E-state index contributed by atoms with van der Waals surface area (Å²) in [6.07, 6.45) is 3.07. The molecule has 1 aromatic heterocycles. The SMILES string of the molecule is COC(=O)CC=Cc1cc([N+](=O)[O-])c(C)nc1Cl. The second-order valence-corrected chi connectivity index (χ2v) is 3.77. The van der Waals surface area contributed by atoms with Gasteiger partial charge in [-0.25, -0.2) is 4.98 Å². The molecule has 0 aromatic carbocycles. The highest BCUT2D eigenvalue weighted by Gasteiger charge is 2.14. The van der Waals surface area contributed by atoms with Crippen molar-refractivity contribution in [3.8, 4) is 0 Å². The van der Waals surface area contributed by atoms with E-state index >= 15 is 0 Å². The van der Waals surface area contributed by atoms with E-state index in [-0.39, 0.29) is 23.0 Å². The van der Waals surface area contributed by atoms with Crippen LogP contribution in [0.5, 0.6) is 0 Å². The lowest BCUT2D eigenvalue weighted by atomic mass is 10.2. The van der Waals surface area contributed by atoms with Crippen molar-refractivity contribution in [1.82, 2.24) is 4.98 Å². The van der Waals surface area contributed by atoms with Gasteiger partial charge in [-0.1, -0.05) is 23.8 Å². The van der Waals surface area contributed by atoms with Crippen molar-refractivity contribution in [2.75, 3.05) is 7.11 Å². The molecular weight excluding hydrogens is 260 g/mol. The van der Waals surface area contributed by atoms with Gasteiger partial charge in [-0.05, 0) is 6.92 Å². The van der Waals surface area contributed by atoms with E-state index in [1.54, 1.807) is 0 Å². The molecule has 96 valence electrons. The number of halogens is 1. The zero-order valence-electron chi connectivity index (χ0n) is 9.84. The molecule has 0 amide bonds. The van der Waals surface area contributed by atoms with E-state index in [0.29, 0.717) is 5.56 Å². The number of rotatable bonds is 4. The van der Waals surface area contributed by atoms with Gasteiger partial charge in [-0.2, -0.15) is 0 Å². The Morgan fingerprint density at radius 1 is 1.67 bits per heavy atom. The first-order valence-electron chi connectivity index (χ1n) is 5.00. The molecule has 0 radical (unpaired) electrons. The van der Waals surface area contributed by atoms with E-state index in [1.807, 2.05) is 0 Å². The number of ether oxygens (including phenoxy) is 1. The van der Waals surface area contributed by atoms with Crippen LogP contribution in [0.4, 0.5) is 5.69 Å². The van der Waals surface area contributed by atoms with E-state index < -0.39 is 10.9 Å². The molecule has 0 fully saturated rings. The third-order valence-corrected chi connectivity index (χ3v) is 2.48. The Bertz CT molecular complexity index is 514. The Morgan fingerprint density at radius 2 is 2.33 bits per heavy atom. The molecule has 1 heterocycles. The molecule has 0 spiro atoms. The second-order valence-electron chi connectivity index (χ2n) is 3.41. The Balaban J connectivity index is 2.99. The summed E-state index contributed by atoms with van der Waals surface area (Å²) in [5.74, 6) is -0.406. The Kier molecular flexibility index (Phi) is 4.79. The average Bonchev–Trinajstić information content (AvgIpc) is 2.31. The Hall–Kier alpha value is -1.95. The molecule has 0 saturated heterocycles. The van der Waals surface area contributed by atoms with Crippen LogP contribution in [0.15, 0.2) is 12.1 Å². The highest BCUT2D eigenvalue weighted by molar-refractivity contribution is 6.30. The summed E-state index contributed by atoms with van der Waals surface area (Å²) in [6, 6.07) is 1.32. The maximum absolute atomic E-state index is 10.9. The number of pyridine rings is 1. The van der Waals surface area contributed by atoms with E-state index in [0.717, 1.165) is 0 Å². The number of nitro groups is 1. The van der Waals surface area contributed by atoms with Gasteiger partial charge in [0.15, 0.2) is 0 Å². The van der Waals surface area contributed by atoms with Crippen molar-refractivity contribution >= 4 is 29.3 Å². The zero-order chi connectivity index (χ0) is 13.7. The molecule has 6 nitrogen and oxygen atoms in total. The quantitative estimate of drug-likeness (QED) is 0.363. The van der Waals surface area contributed by atoms with E-state index in [1.165, 1.54) is 32.3 Å². The van der Waals surface area contributed by atoms with Crippen molar-refractivity contribution in [2.24, 2.45) is 0 Å². The molecule has 0 aliphatic carbocycles. The fourth-order valence-corrected chi connectivity index (χ4v) is 1.49. The molecule has 0 N–H and O–H groups in total. The number of nitrogens with zero attached hydrogens (tertiary/aromatic N) is 2. The monoisotopic (exact) mass is 270 g/mol. The van der Waals surface area contributed by atoms with Crippen LogP contribution in [0.1, 0.15) is 17.7 Å². The first-order valence-corrected chi connectivity index (χ1v) is 5.38. The molecule has 0 unspecified atom stereocenters. The first kappa shape index (κ1) is 14.1. The van der Waals surface area contributed by atoms with Gasteiger partial charge in [-0.15, -0.1) is 0 Å². The lowest BCUT2D eigenvalue weighted by Crippen LogP contribution is -1.98. The van der Waals surface area contributed by atoms with Gasteiger partial charge in [0.1, 0.15) is 10.8 Å². The molecule has 0 aliphatic rings. The van der Waals surface area contributed by atoms with Crippen LogP contribution in [0, 0.1) is 17.0 Å². The molecular formula is C11H11ClN2O4. The molecule has 0 bridgehead atoms. The minimum atomic E-state index is -0.531. The predicted molar refractivity (Wildman–Crippen MR) is 66.3 cm³/mol. The normalized spacial score (nSPS) is 10.6. The summed E-state index contributed by atoms with van der Waals surface area (Å²) in [5.41, 5.74) is 0.519. The van der Waals surface area contributed by atoms with Gasteiger partial charge in [0.2, 0.25) is 0 Å². The van der Waals surface area contributed by atoms with Crippen molar-refractivity contribution in [3.63, 3.8) is 0 Å². The van der Waals surface area contributed by atoms with Crippen molar-refractivity contribution in [3.05, 3.63) is 38.7 Å². The van der Waals surface area contributed by atoms with Gasteiger partial charge in [0, 0.05) is 11.6 Å². The molecule has 0 atom stereocenters. The number of hydrogen-bond donors (Lipinski definition) is 0. The topological polar surface area (TPSA) is 82.3 Å². The summed E-state index contributed by atoms with van der Waals surface area (Å²) < 4.78 is 4.45. The lowest BCUT2D eigenvalue weighted by molar-refractivity contribution is -0.385. The molecule has 1 rings (SSSR count). The molecule has 0 saturated carbocycles. The number of carbonyl (C=O) groups is 1. The summed E-state index contributed by atoms with van der Waals surface area (Å²) in [4.78, 5) is 25.0. The van der Waals surface area contributed by atoms with Crippen molar-refractivity contribution in [1.29, 1.82) is 0 Å². The van der Waals surface area contributed by atoms with E-state index in [4.69, 9.17) is 11.6 Å². The van der Waals surface area contributed by atoms with Crippen LogP contribution < -0.4 is 0 Å². The van der Waals surface area contributed by atoms with Crippen LogP contribution in [-0.4, -0.2) is 23.0 Å². The van der Waals surface area contributed by atoms with Crippen molar-refractivity contribution < 1.29 is 14.5 Å². The summed E-state index contributed by atoms with van der Waals surface area (Å²) in [7, 11) is 1.28. The lowest BCUT2D eigenvalue weighted by Gasteiger charge is -2.01. The number of methoxy groups -OCH3 is 1. The third kappa shape index (κ3) is 3.53. The van der Waals surface area contributed by atoms with Crippen molar-refractivity contribution in [2.45, 2.75) is 13.3 Å². The molecule has 7 heteroatoms. The maximum Gasteiger partial charge on any atom is 0.309 e. The van der Waals surface area contributed by atoms with E-state index in [2.05, 4.69) is 9.72 Å². The number of esters is 1. The zero-order valence-corrected chi connectivity index (χ0v) is 10.6.